The molecule has 2 aliphatic rings. The summed E-state index contributed by atoms with van der Waals surface area (Å²) in [6, 6.07) is 6.96. The predicted molar refractivity (Wildman–Crippen MR) is 125 cm³/mol. The van der Waals surface area contributed by atoms with Crippen molar-refractivity contribution in [2.75, 3.05) is 26.9 Å². The minimum atomic E-state index is -0.857. The van der Waals surface area contributed by atoms with Gasteiger partial charge < -0.3 is 20.1 Å². The zero-order valence-electron chi connectivity index (χ0n) is 19.7. The van der Waals surface area contributed by atoms with E-state index in [4.69, 9.17) is 4.74 Å². The highest BCUT2D eigenvalue weighted by molar-refractivity contribution is 6.05. The number of phenols is 1. The molecule has 1 heterocycles. The van der Waals surface area contributed by atoms with E-state index < -0.39 is 23.9 Å². The molecular weight excluding hydrogens is 422 g/mol. The number of imide groups is 1. The van der Waals surface area contributed by atoms with Gasteiger partial charge in [-0.2, -0.15) is 0 Å². The van der Waals surface area contributed by atoms with Gasteiger partial charge in [-0.1, -0.05) is 30.7 Å². The minimum absolute atomic E-state index is 0.183. The zero-order valence-corrected chi connectivity index (χ0v) is 19.7. The molecule has 180 valence electrons. The van der Waals surface area contributed by atoms with E-state index in [0.717, 1.165) is 16.7 Å². The van der Waals surface area contributed by atoms with E-state index in [1.54, 1.807) is 25.3 Å². The molecule has 7 nitrogen and oxygen atoms in total. The minimum Gasteiger partial charge on any atom is -0.508 e. The van der Waals surface area contributed by atoms with Crippen LogP contribution in [0.25, 0.3) is 6.08 Å². The van der Waals surface area contributed by atoms with Gasteiger partial charge in [-0.15, -0.1) is 0 Å². The molecule has 0 aromatic heterocycles. The highest BCUT2D eigenvalue weighted by Crippen LogP contribution is 2.46. The number of nitrogens with zero attached hydrogens (tertiary/aromatic N) is 1. The first kappa shape index (κ1) is 25.1. The molecule has 0 unspecified atom stereocenters. The summed E-state index contributed by atoms with van der Waals surface area (Å²) < 4.78 is 5.36. The second-order valence-corrected chi connectivity index (χ2v) is 9.09. The molecule has 1 fully saturated rings. The molecule has 2 amide bonds. The number of carbonyl (C=O) groups excluding carboxylic acids is 2. The Labute approximate surface area is 195 Å². The molecule has 1 aromatic carbocycles. The summed E-state index contributed by atoms with van der Waals surface area (Å²) in [6.45, 7) is 4.20. The van der Waals surface area contributed by atoms with Gasteiger partial charge >= 0.3 is 0 Å². The number of methoxy groups -OCH3 is 1. The molecule has 0 radical (unpaired) electrons. The maximum Gasteiger partial charge on any atom is 0.233 e. The number of likely N-dealkylation sites (tertiary alicyclic amines) is 1. The lowest BCUT2D eigenvalue weighted by atomic mass is 9.68. The van der Waals surface area contributed by atoms with Gasteiger partial charge in [0.05, 0.1) is 31.2 Å². The largest absolute Gasteiger partial charge is 0.508 e. The van der Waals surface area contributed by atoms with E-state index >= 15 is 0 Å². The van der Waals surface area contributed by atoms with Crippen LogP contribution in [0.2, 0.25) is 0 Å². The third-order valence-corrected chi connectivity index (χ3v) is 6.69. The van der Waals surface area contributed by atoms with Crippen LogP contribution in [0.5, 0.6) is 5.75 Å². The number of aliphatic hydroxyl groups is 2. The van der Waals surface area contributed by atoms with Crippen LogP contribution in [0.1, 0.15) is 45.1 Å². The Hall–Kier alpha value is -2.48. The number of allylic oxidation sites excluding steroid dienone is 1. The molecule has 0 saturated carbocycles. The summed E-state index contributed by atoms with van der Waals surface area (Å²) in [6.07, 6.45) is 3.16. The predicted octanol–water partition coefficient (Wildman–Crippen LogP) is 2.90. The normalized spacial score (nSPS) is 24.5. The van der Waals surface area contributed by atoms with Crippen molar-refractivity contribution in [2.45, 2.75) is 45.6 Å². The highest BCUT2D eigenvalue weighted by Gasteiger charge is 2.54. The molecule has 0 bridgehead atoms. The molecule has 1 aromatic rings. The summed E-state index contributed by atoms with van der Waals surface area (Å²) in [7, 11) is 1.56. The van der Waals surface area contributed by atoms with E-state index in [-0.39, 0.29) is 30.8 Å². The number of hydrogen-bond donors (Lipinski definition) is 3. The van der Waals surface area contributed by atoms with Crippen molar-refractivity contribution < 1.29 is 29.6 Å². The number of phenolic OH excluding ortho intramolecular Hbond substituents is 1. The molecule has 0 spiro atoms. The van der Waals surface area contributed by atoms with E-state index in [9.17, 15) is 24.9 Å². The average Bonchev–Trinajstić information content (AvgIpc) is 3.01. The van der Waals surface area contributed by atoms with E-state index in [1.807, 2.05) is 26.0 Å². The van der Waals surface area contributed by atoms with Crippen molar-refractivity contribution in [3.05, 3.63) is 46.5 Å². The summed E-state index contributed by atoms with van der Waals surface area (Å²) in [5, 5.41) is 31.1. The van der Waals surface area contributed by atoms with Gasteiger partial charge in [0.2, 0.25) is 11.8 Å². The van der Waals surface area contributed by atoms with Crippen molar-refractivity contribution in [3.63, 3.8) is 0 Å². The zero-order chi connectivity index (χ0) is 24.1. The van der Waals surface area contributed by atoms with Crippen molar-refractivity contribution >= 4 is 17.9 Å². The molecule has 7 heteroatoms. The Bertz CT molecular complexity index is 936. The number of fused-ring (bicyclic) bond motifs is 1. The molecule has 3 N–H and O–H groups in total. The van der Waals surface area contributed by atoms with Gasteiger partial charge in [0.25, 0.3) is 0 Å². The third kappa shape index (κ3) is 5.37. The van der Waals surface area contributed by atoms with Crippen LogP contribution in [-0.4, -0.2) is 65.0 Å². The van der Waals surface area contributed by atoms with Gasteiger partial charge in [0, 0.05) is 19.6 Å². The fraction of sp³-hybridized carbons (Fsp3) is 0.538. The van der Waals surface area contributed by atoms with Crippen molar-refractivity contribution in [2.24, 2.45) is 17.8 Å². The fourth-order valence-electron chi connectivity index (χ4n) is 5.27. The second kappa shape index (κ2) is 11.1. The van der Waals surface area contributed by atoms with Crippen LogP contribution >= 0.6 is 0 Å². The molecule has 1 aliphatic heterocycles. The van der Waals surface area contributed by atoms with Gasteiger partial charge in [-0.05, 0) is 61.4 Å². The van der Waals surface area contributed by atoms with E-state index in [1.165, 1.54) is 4.90 Å². The van der Waals surface area contributed by atoms with Crippen LogP contribution in [0.4, 0.5) is 0 Å². The smallest absolute Gasteiger partial charge is 0.233 e. The molecule has 33 heavy (non-hydrogen) atoms. The highest BCUT2D eigenvalue weighted by atomic mass is 16.5. The third-order valence-electron chi connectivity index (χ3n) is 6.69. The van der Waals surface area contributed by atoms with Crippen molar-refractivity contribution in [1.29, 1.82) is 0 Å². The van der Waals surface area contributed by atoms with Gasteiger partial charge in [0.1, 0.15) is 5.75 Å². The number of carbonyl (C=O) groups is 2. The number of ether oxygens (including phenoxy) is 1. The Morgan fingerprint density at radius 2 is 2.06 bits per heavy atom. The Morgan fingerprint density at radius 3 is 2.70 bits per heavy atom. The summed E-state index contributed by atoms with van der Waals surface area (Å²) in [5.74, 6) is -1.97. The Morgan fingerprint density at radius 1 is 1.30 bits per heavy atom. The van der Waals surface area contributed by atoms with Crippen LogP contribution in [-0.2, 0) is 14.3 Å². The van der Waals surface area contributed by atoms with E-state index in [2.05, 4.69) is 0 Å². The van der Waals surface area contributed by atoms with Crippen LogP contribution in [0.3, 0.4) is 0 Å². The van der Waals surface area contributed by atoms with Crippen LogP contribution < -0.4 is 0 Å². The number of hydrogen-bond acceptors (Lipinski definition) is 6. The van der Waals surface area contributed by atoms with Crippen LogP contribution in [0, 0.1) is 17.8 Å². The summed E-state index contributed by atoms with van der Waals surface area (Å²) >= 11 is 0. The van der Waals surface area contributed by atoms with Crippen molar-refractivity contribution in [3.8, 4) is 5.75 Å². The Kier molecular flexibility index (Phi) is 8.46. The molecule has 1 saturated heterocycles. The van der Waals surface area contributed by atoms with E-state index in [0.29, 0.717) is 37.8 Å². The number of rotatable bonds is 10. The molecular formula is C26H35NO6. The summed E-state index contributed by atoms with van der Waals surface area (Å²) in [4.78, 5) is 27.3. The number of aliphatic hydroxyl groups excluding tert-OH is 2. The average molecular weight is 458 g/mol. The monoisotopic (exact) mass is 457 g/mol. The number of benzene rings is 1. The number of amides is 2. The fourth-order valence-corrected chi connectivity index (χ4v) is 5.27. The topological polar surface area (TPSA) is 107 Å². The Balaban J connectivity index is 1.82. The quantitative estimate of drug-likeness (QED) is 0.368. The maximum absolute atomic E-state index is 13.1. The van der Waals surface area contributed by atoms with Crippen LogP contribution in [0.15, 0.2) is 41.0 Å². The lowest BCUT2D eigenvalue weighted by Crippen LogP contribution is -2.39. The lowest BCUT2D eigenvalue weighted by molar-refractivity contribution is -0.140. The first-order chi connectivity index (χ1) is 15.8. The lowest BCUT2D eigenvalue weighted by Gasteiger charge is -2.36. The number of aromatic hydroxyl groups is 1. The molecule has 3 rings (SSSR count). The summed E-state index contributed by atoms with van der Waals surface area (Å²) in [5.41, 5.74) is 3.36. The maximum atomic E-state index is 13.1. The first-order valence-electron chi connectivity index (χ1n) is 11.6. The second-order valence-electron chi connectivity index (χ2n) is 9.09. The van der Waals surface area contributed by atoms with Gasteiger partial charge in [-0.25, -0.2) is 0 Å². The van der Waals surface area contributed by atoms with Gasteiger partial charge in [0.15, 0.2) is 0 Å². The SMILES string of the molecule is CCCN1C(=O)[C@@H]2[C@@H](CC(COC)=C([C@H](O)CC/C(C)=C/c3cccc(O)c3)[C@@H]2CO)C1=O. The van der Waals surface area contributed by atoms with Crippen molar-refractivity contribution in [1.82, 2.24) is 4.90 Å². The van der Waals surface area contributed by atoms with Gasteiger partial charge in [-0.3, -0.25) is 14.5 Å². The standard InChI is InChI=1S/C26H35NO6/c1-4-10-27-25(31)20-13-18(15-33-3)23(21(14-28)24(20)26(27)32)22(30)9-8-16(2)11-17-6-5-7-19(29)12-17/h5-7,11-12,20-22,24,28-30H,4,8-10,13-15H2,1-3H3/b16-11+/t20-,21+,22-,24-/m1/s1. The first-order valence-corrected chi connectivity index (χ1v) is 11.6. The molecule has 4 atom stereocenters. The molecule has 1 aliphatic carbocycles.